The average molecular weight is 450 g/mol. The van der Waals surface area contributed by atoms with Crippen LogP contribution in [-0.2, 0) is 9.53 Å². The number of carbonyl (C=O) groups excluding carboxylic acids is 2. The minimum atomic E-state index is -0.318. The van der Waals surface area contributed by atoms with Crippen LogP contribution in [0.4, 0.5) is 4.79 Å². The molecule has 1 N–H and O–H groups in total. The fourth-order valence-electron chi connectivity index (χ4n) is 4.58. The Labute approximate surface area is 192 Å². The van der Waals surface area contributed by atoms with Crippen molar-refractivity contribution < 1.29 is 23.8 Å². The number of piperazine rings is 1. The first-order valence-corrected chi connectivity index (χ1v) is 11.3. The SMILES string of the molecule is CCOC(=O)N1CCN(C(=O)CC(c2ccc3c(c2)OCO3)c2c[nH]c3ccccc23)CC1. The van der Waals surface area contributed by atoms with Crippen LogP contribution in [0, 0.1) is 0 Å². The lowest BCUT2D eigenvalue weighted by Crippen LogP contribution is -2.50. The highest BCUT2D eigenvalue weighted by Crippen LogP contribution is 2.39. The number of carbonyl (C=O) groups is 2. The molecule has 2 aliphatic rings. The molecule has 1 fully saturated rings. The number of nitrogens with zero attached hydrogens (tertiary/aromatic N) is 2. The number of rotatable bonds is 5. The van der Waals surface area contributed by atoms with Crippen molar-refractivity contribution in [3.8, 4) is 11.5 Å². The van der Waals surface area contributed by atoms with Gasteiger partial charge in [0.15, 0.2) is 11.5 Å². The van der Waals surface area contributed by atoms with Crippen LogP contribution in [0.15, 0.2) is 48.7 Å². The summed E-state index contributed by atoms with van der Waals surface area (Å²) in [5, 5.41) is 1.10. The summed E-state index contributed by atoms with van der Waals surface area (Å²) in [6, 6.07) is 14.0. The van der Waals surface area contributed by atoms with E-state index in [1.54, 1.807) is 11.8 Å². The van der Waals surface area contributed by atoms with E-state index in [-0.39, 0.29) is 24.7 Å². The predicted molar refractivity (Wildman–Crippen MR) is 122 cm³/mol. The van der Waals surface area contributed by atoms with Gasteiger partial charge in [0.25, 0.3) is 0 Å². The summed E-state index contributed by atoms with van der Waals surface area (Å²) in [4.78, 5) is 32.2. The van der Waals surface area contributed by atoms with Gasteiger partial charge in [-0.25, -0.2) is 4.79 Å². The van der Waals surface area contributed by atoms with E-state index >= 15 is 0 Å². The summed E-state index contributed by atoms with van der Waals surface area (Å²) in [5.74, 6) is 1.34. The van der Waals surface area contributed by atoms with Gasteiger partial charge in [-0.15, -0.1) is 0 Å². The number of nitrogens with one attached hydrogen (secondary N) is 1. The van der Waals surface area contributed by atoms with Gasteiger partial charge in [0.05, 0.1) is 6.61 Å². The number of para-hydroxylation sites is 1. The van der Waals surface area contributed by atoms with Crippen molar-refractivity contribution >= 4 is 22.9 Å². The van der Waals surface area contributed by atoms with Crippen LogP contribution in [-0.4, -0.2) is 66.4 Å². The number of aromatic nitrogens is 1. The lowest BCUT2D eigenvalue weighted by atomic mass is 9.87. The smallest absolute Gasteiger partial charge is 0.409 e. The number of hydrogen-bond donors (Lipinski definition) is 1. The fourth-order valence-corrected chi connectivity index (χ4v) is 4.58. The second kappa shape index (κ2) is 9.05. The van der Waals surface area contributed by atoms with Crippen LogP contribution in [0.25, 0.3) is 10.9 Å². The highest BCUT2D eigenvalue weighted by atomic mass is 16.7. The number of H-pyrrole nitrogens is 1. The van der Waals surface area contributed by atoms with Crippen molar-refractivity contribution in [1.82, 2.24) is 14.8 Å². The van der Waals surface area contributed by atoms with E-state index in [1.807, 2.05) is 47.5 Å². The standard InChI is InChI=1S/C25H27N3O5/c1-2-31-25(30)28-11-9-27(10-12-28)24(29)14-19(17-7-8-22-23(13-17)33-16-32-22)20-15-26-21-6-4-3-5-18(20)21/h3-8,13,15,19,26H,2,9-12,14,16H2,1H3. The molecule has 1 aromatic heterocycles. The summed E-state index contributed by atoms with van der Waals surface area (Å²) in [6.45, 7) is 4.30. The number of aromatic amines is 1. The molecule has 8 heteroatoms. The first-order valence-electron chi connectivity index (χ1n) is 11.3. The second-order valence-electron chi connectivity index (χ2n) is 8.23. The average Bonchev–Trinajstić information content (AvgIpc) is 3.49. The van der Waals surface area contributed by atoms with E-state index in [0.717, 1.165) is 27.8 Å². The number of fused-ring (bicyclic) bond motifs is 2. The van der Waals surface area contributed by atoms with Crippen molar-refractivity contribution in [3.63, 3.8) is 0 Å². The van der Waals surface area contributed by atoms with Crippen LogP contribution in [0.5, 0.6) is 11.5 Å². The zero-order chi connectivity index (χ0) is 22.8. The molecular formula is C25H27N3O5. The second-order valence-corrected chi connectivity index (χ2v) is 8.23. The van der Waals surface area contributed by atoms with E-state index < -0.39 is 0 Å². The molecule has 5 rings (SSSR count). The molecule has 172 valence electrons. The van der Waals surface area contributed by atoms with Crippen LogP contribution in [0.3, 0.4) is 0 Å². The van der Waals surface area contributed by atoms with Crippen molar-refractivity contribution in [2.75, 3.05) is 39.6 Å². The monoisotopic (exact) mass is 449 g/mol. The van der Waals surface area contributed by atoms with Crippen molar-refractivity contribution in [3.05, 3.63) is 59.8 Å². The van der Waals surface area contributed by atoms with Gasteiger partial charge in [-0.05, 0) is 36.2 Å². The quantitative estimate of drug-likeness (QED) is 0.642. The van der Waals surface area contributed by atoms with E-state index in [0.29, 0.717) is 45.0 Å². The lowest BCUT2D eigenvalue weighted by molar-refractivity contribution is -0.133. The molecule has 0 aliphatic carbocycles. The van der Waals surface area contributed by atoms with Gasteiger partial charge >= 0.3 is 6.09 Å². The molecule has 33 heavy (non-hydrogen) atoms. The van der Waals surface area contributed by atoms with Gasteiger partial charge in [-0.2, -0.15) is 0 Å². The van der Waals surface area contributed by atoms with Gasteiger partial charge in [0, 0.05) is 55.6 Å². The highest BCUT2D eigenvalue weighted by molar-refractivity contribution is 5.86. The zero-order valence-electron chi connectivity index (χ0n) is 18.6. The molecular weight excluding hydrogens is 422 g/mol. The molecule has 2 amide bonds. The lowest BCUT2D eigenvalue weighted by Gasteiger charge is -2.34. The van der Waals surface area contributed by atoms with Crippen LogP contribution < -0.4 is 9.47 Å². The summed E-state index contributed by atoms with van der Waals surface area (Å²) < 4.78 is 16.1. The summed E-state index contributed by atoms with van der Waals surface area (Å²) in [7, 11) is 0. The molecule has 3 heterocycles. The van der Waals surface area contributed by atoms with Crippen LogP contribution >= 0.6 is 0 Å². The van der Waals surface area contributed by atoms with Crippen LogP contribution in [0.1, 0.15) is 30.4 Å². The third kappa shape index (κ3) is 4.20. The Hall–Kier alpha value is -3.68. The van der Waals surface area contributed by atoms with Crippen molar-refractivity contribution in [2.24, 2.45) is 0 Å². The third-order valence-corrected chi connectivity index (χ3v) is 6.33. The Morgan fingerprint density at radius 3 is 2.61 bits per heavy atom. The Kier molecular flexibility index (Phi) is 5.81. The van der Waals surface area contributed by atoms with Gasteiger partial charge < -0.3 is 29.0 Å². The maximum atomic E-state index is 13.4. The summed E-state index contributed by atoms with van der Waals surface area (Å²) >= 11 is 0. The van der Waals surface area contributed by atoms with E-state index in [1.165, 1.54) is 0 Å². The van der Waals surface area contributed by atoms with Gasteiger partial charge in [-0.1, -0.05) is 24.3 Å². The maximum Gasteiger partial charge on any atom is 0.409 e. The molecule has 1 saturated heterocycles. The third-order valence-electron chi connectivity index (χ3n) is 6.33. The number of amides is 2. The van der Waals surface area contributed by atoms with Gasteiger partial charge in [0.2, 0.25) is 12.7 Å². The first-order chi connectivity index (χ1) is 16.1. The Morgan fingerprint density at radius 2 is 1.79 bits per heavy atom. The molecule has 0 spiro atoms. The van der Waals surface area contributed by atoms with Crippen molar-refractivity contribution in [2.45, 2.75) is 19.3 Å². The van der Waals surface area contributed by atoms with Crippen LogP contribution in [0.2, 0.25) is 0 Å². The molecule has 1 atom stereocenters. The van der Waals surface area contributed by atoms with E-state index in [4.69, 9.17) is 14.2 Å². The molecule has 2 aromatic carbocycles. The molecule has 0 saturated carbocycles. The fraction of sp³-hybridized carbons (Fsp3) is 0.360. The molecule has 8 nitrogen and oxygen atoms in total. The Bertz CT molecular complexity index is 1170. The predicted octanol–water partition coefficient (Wildman–Crippen LogP) is 3.72. The number of hydrogen-bond acceptors (Lipinski definition) is 5. The molecule has 1 unspecified atom stereocenters. The van der Waals surface area contributed by atoms with Crippen molar-refractivity contribution in [1.29, 1.82) is 0 Å². The largest absolute Gasteiger partial charge is 0.454 e. The highest BCUT2D eigenvalue weighted by Gasteiger charge is 2.29. The molecule has 2 aliphatic heterocycles. The maximum absolute atomic E-state index is 13.4. The molecule has 0 radical (unpaired) electrons. The van der Waals surface area contributed by atoms with E-state index in [2.05, 4.69) is 11.1 Å². The molecule has 0 bridgehead atoms. The number of ether oxygens (including phenoxy) is 3. The number of benzene rings is 2. The normalized spacial score (nSPS) is 16.2. The summed E-state index contributed by atoms with van der Waals surface area (Å²) in [5.41, 5.74) is 3.11. The van der Waals surface area contributed by atoms with Gasteiger partial charge in [0.1, 0.15) is 0 Å². The Morgan fingerprint density at radius 1 is 1.03 bits per heavy atom. The Balaban J connectivity index is 1.39. The van der Waals surface area contributed by atoms with Gasteiger partial charge in [-0.3, -0.25) is 4.79 Å². The zero-order valence-corrected chi connectivity index (χ0v) is 18.6. The first kappa shape index (κ1) is 21.2. The summed E-state index contributed by atoms with van der Waals surface area (Å²) in [6.07, 6.45) is 1.99. The van der Waals surface area contributed by atoms with E-state index in [9.17, 15) is 9.59 Å². The minimum Gasteiger partial charge on any atom is -0.454 e. The molecule has 3 aromatic rings. The topological polar surface area (TPSA) is 84.1 Å². The minimum absolute atomic E-state index is 0.0615.